The van der Waals surface area contributed by atoms with Crippen LogP contribution in [0.4, 0.5) is 30.4 Å². The van der Waals surface area contributed by atoms with E-state index in [1.165, 1.54) is 0 Å². The van der Waals surface area contributed by atoms with Crippen molar-refractivity contribution in [1.29, 1.82) is 0 Å². The number of benzene rings is 1. The second-order valence-electron chi connectivity index (χ2n) is 5.93. The normalized spacial score (nSPS) is 13.5. The van der Waals surface area contributed by atoms with Crippen LogP contribution in [0.5, 0.6) is 5.75 Å². The van der Waals surface area contributed by atoms with Crippen molar-refractivity contribution in [2.75, 3.05) is 23.8 Å². The van der Waals surface area contributed by atoms with Crippen LogP contribution in [0.1, 0.15) is 18.1 Å². The third-order valence-corrected chi connectivity index (χ3v) is 4.20. The Balaban J connectivity index is 1.79. The Morgan fingerprint density at radius 2 is 2.19 bits per heavy atom. The van der Waals surface area contributed by atoms with Gasteiger partial charge in [-0.3, -0.25) is 0 Å². The van der Waals surface area contributed by atoms with Gasteiger partial charge in [0.25, 0.3) is 0 Å². The number of nitrogens with one attached hydrogen (secondary N) is 3. The molecule has 0 aliphatic carbocycles. The van der Waals surface area contributed by atoms with Gasteiger partial charge in [0, 0.05) is 36.5 Å². The molecule has 8 heteroatoms. The molecule has 3 aromatic rings. The van der Waals surface area contributed by atoms with E-state index in [1.54, 1.807) is 18.2 Å². The van der Waals surface area contributed by atoms with E-state index in [9.17, 15) is 13.2 Å². The molecule has 2 aromatic heterocycles. The number of aromatic nitrogens is 2. The van der Waals surface area contributed by atoms with E-state index < -0.39 is 11.7 Å². The molecule has 0 fully saturated rings. The zero-order chi connectivity index (χ0) is 18.3. The maximum Gasteiger partial charge on any atom is 0.418 e. The molecule has 3 heterocycles. The number of pyridine rings is 1. The highest BCUT2D eigenvalue weighted by Gasteiger charge is 2.35. The number of alkyl halides is 3. The van der Waals surface area contributed by atoms with Gasteiger partial charge in [0.2, 0.25) is 0 Å². The van der Waals surface area contributed by atoms with E-state index in [2.05, 4.69) is 26.7 Å². The Bertz CT molecular complexity index is 965. The third kappa shape index (κ3) is 2.81. The molecule has 0 amide bonds. The predicted molar refractivity (Wildman–Crippen MR) is 93.0 cm³/mol. The standard InChI is InChI=1S/C18H16F3N4O/c1-2-22-13-8-14(24-12-5-3-4-10-6-7-26-16(10)12)25-17-15(13)11(9-23-17)18(19,20)21/h3,5,8-9H,2,6-7H2,1H3,(H3,22,23,24,25). The molecule has 3 N–H and O–H groups in total. The van der Waals surface area contributed by atoms with Gasteiger partial charge in [-0.1, -0.05) is 6.07 Å². The predicted octanol–water partition coefficient (Wildman–Crippen LogP) is 4.49. The Morgan fingerprint density at radius 3 is 2.96 bits per heavy atom. The summed E-state index contributed by atoms with van der Waals surface area (Å²) in [7, 11) is 0. The molecule has 1 radical (unpaired) electrons. The van der Waals surface area contributed by atoms with Crippen LogP contribution in [-0.2, 0) is 12.6 Å². The Kier molecular flexibility index (Phi) is 3.90. The molecular weight excluding hydrogens is 345 g/mol. The highest BCUT2D eigenvalue weighted by atomic mass is 19.4. The average molecular weight is 361 g/mol. The Labute approximate surface area is 147 Å². The lowest BCUT2D eigenvalue weighted by Crippen LogP contribution is -2.06. The minimum atomic E-state index is -4.46. The molecule has 1 aromatic carbocycles. The van der Waals surface area contributed by atoms with Crippen molar-refractivity contribution in [2.45, 2.75) is 19.5 Å². The van der Waals surface area contributed by atoms with Gasteiger partial charge in [0.1, 0.15) is 17.2 Å². The molecule has 0 atom stereocenters. The minimum Gasteiger partial charge on any atom is -0.491 e. The summed E-state index contributed by atoms with van der Waals surface area (Å²) in [5.41, 5.74) is 1.49. The van der Waals surface area contributed by atoms with Gasteiger partial charge in [-0.15, -0.1) is 0 Å². The van der Waals surface area contributed by atoms with Gasteiger partial charge < -0.3 is 20.4 Å². The third-order valence-electron chi connectivity index (χ3n) is 4.20. The number of aromatic amines is 1. The SMILES string of the molecule is CCNc1cc(Nc2cc[c]c3c2OCC3)nc2[nH]cc(C(F)(F)F)c12. The summed E-state index contributed by atoms with van der Waals surface area (Å²) in [5.74, 6) is 1.13. The number of halogens is 3. The average Bonchev–Trinajstić information content (AvgIpc) is 3.21. The molecule has 4 rings (SSSR count). The quantitative estimate of drug-likeness (QED) is 0.641. The van der Waals surface area contributed by atoms with E-state index in [-0.39, 0.29) is 11.0 Å². The summed E-state index contributed by atoms with van der Waals surface area (Å²) in [6.45, 7) is 2.90. The molecular formula is C18H16F3N4O. The fourth-order valence-electron chi connectivity index (χ4n) is 3.12. The number of H-pyrrole nitrogens is 1. The molecule has 1 aliphatic rings. The van der Waals surface area contributed by atoms with Crippen LogP contribution in [0.2, 0.25) is 0 Å². The number of rotatable bonds is 4. The van der Waals surface area contributed by atoms with Crippen LogP contribution in [0.3, 0.4) is 0 Å². The van der Waals surface area contributed by atoms with Crippen molar-refractivity contribution in [1.82, 2.24) is 9.97 Å². The van der Waals surface area contributed by atoms with Gasteiger partial charge in [-0.25, -0.2) is 4.98 Å². The van der Waals surface area contributed by atoms with Crippen LogP contribution in [0.25, 0.3) is 11.0 Å². The van der Waals surface area contributed by atoms with Gasteiger partial charge in [0.15, 0.2) is 0 Å². The molecule has 0 saturated heterocycles. The first kappa shape index (κ1) is 16.6. The highest BCUT2D eigenvalue weighted by Crippen LogP contribution is 2.40. The lowest BCUT2D eigenvalue weighted by molar-refractivity contribution is -0.136. The number of ether oxygens (including phenoxy) is 1. The van der Waals surface area contributed by atoms with Crippen molar-refractivity contribution in [3.05, 3.63) is 41.6 Å². The van der Waals surface area contributed by atoms with Crippen LogP contribution in [-0.4, -0.2) is 23.1 Å². The number of nitrogens with zero attached hydrogens (tertiary/aromatic N) is 1. The zero-order valence-corrected chi connectivity index (χ0v) is 13.9. The van der Waals surface area contributed by atoms with E-state index in [0.29, 0.717) is 36.1 Å². The van der Waals surface area contributed by atoms with Crippen LogP contribution in [0.15, 0.2) is 24.4 Å². The first-order valence-electron chi connectivity index (χ1n) is 8.24. The summed E-state index contributed by atoms with van der Waals surface area (Å²) < 4.78 is 45.4. The van der Waals surface area contributed by atoms with Gasteiger partial charge in [-0.2, -0.15) is 13.2 Å². The molecule has 0 spiro atoms. The second-order valence-corrected chi connectivity index (χ2v) is 5.93. The van der Waals surface area contributed by atoms with Gasteiger partial charge in [0.05, 0.1) is 23.2 Å². The van der Waals surface area contributed by atoms with Crippen LogP contribution < -0.4 is 15.4 Å². The zero-order valence-electron chi connectivity index (χ0n) is 13.9. The van der Waals surface area contributed by atoms with Gasteiger partial charge >= 0.3 is 6.18 Å². The monoisotopic (exact) mass is 361 g/mol. The van der Waals surface area contributed by atoms with Gasteiger partial charge in [-0.05, 0) is 19.1 Å². The smallest absolute Gasteiger partial charge is 0.418 e. The minimum absolute atomic E-state index is 0.0350. The van der Waals surface area contributed by atoms with Crippen LogP contribution >= 0.6 is 0 Å². The topological polar surface area (TPSA) is 62.0 Å². The molecule has 5 nitrogen and oxygen atoms in total. The fourth-order valence-corrected chi connectivity index (χ4v) is 3.12. The maximum absolute atomic E-state index is 13.3. The summed E-state index contributed by atoms with van der Waals surface area (Å²) in [4.78, 5) is 6.92. The molecule has 0 saturated carbocycles. The Hall–Kier alpha value is -2.90. The van der Waals surface area contributed by atoms with E-state index >= 15 is 0 Å². The number of fused-ring (bicyclic) bond motifs is 2. The molecule has 135 valence electrons. The first-order valence-corrected chi connectivity index (χ1v) is 8.24. The number of hydrogen-bond donors (Lipinski definition) is 3. The lowest BCUT2D eigenvalue weighted by atomic mass is 10.1. The van der Waals surface area contributed by atoms with Crippen LogP contribution in [0, 0.1) is 6.07 Å². The second kappa shape index (κ2) is 6.12. The summed E-state index contributed by atoms with van der Waals surface area (Å²) >= 11 is 0. The molecule has 0 bridgehead atoms. The van der Waals surface area contributed by atoms with Crippen molar-refractivity contribution in [2.24, 2.45) is 0 Å². The maximum atomic E-state index is 13.3. The van der Waals surface area contributed by atoms with E-state index in [0.717, 1.165) is 18.2 Å². The highest BCUT2D eigenvalue weighted by molar-refractivity contribution is 5.95. The van der Waals surface area contributed by atoms with Crippen molar-refractivity contribution >= 4 is 28.2 Å². The lowest BCUT2D eigenvalue weighted by Gasteiger charge is -2.14. The van der Waals surface area contributed by atoms with Crippen molar-refractivity contribution in [3.8, 4) is 5.75 Å². The largest absolute Gasteiger partial charge is 0.491 e. The van der Waals surface area contributed by atoms with E-state index in [1.807, 2.05) is 6.92 Å². The summed E-state index contributed by atoms with van der Waals surface area (Å²) in [5, 5.41) is 6.17. The van der Waals surface area contributed by atoms with E-state index in [4.69, 9.17) is 4.74 Å². The molecule has 0 unspecified atom stereocenters. The Morgan fingerprint density at radius 1 is 1.35 bits per heavy atom. The number of hydrogen-bond acceptors (Lipinski definition) is 4. The number of anilines is 3. The fraction of sp³-hybridized carbons (Fsp3) is 0.278. The molecule has 26 heavy (non-hydrogen) atoms. The first-order chi connectivity index (χ1) is 12.5. The van der Waals surface area contributed by atoms with Crippen molar-refractivity contribution in [3.63, 3.8) is 0 Å². The summed E-state index contributed by atoms with van der Waals surface area (Å²) in [6.07, 6.45) is -2.73. The van der Waals surface area contributed by atoms with Crippen molar-refractivity contribution < 1.29 is 17.9 Å². The molecule has 1 aliphatic heterocycles. The summed E-state index contributed by atoms with van der Waals surface area (Å²) in [6, 6.07) is 8.30.